The summed E-state index contributed by atoms with van der Waals surface area (Å²) >= 11 is 5.76. The molecule has 0 aromatic heterocycles. The van der Waals surface area contributed by atoms with Gasteiger partial charge in [-0.15, -0.1) is 0 Å². The van der Waals surface area contributed by atoms with Crippen molar-refractivity contribution in [2.24, 2.45) is 0 Å². The number of rotatable bonds is 5. The first-order chi connectivity index (χ1) is 12.6. The van der Waals surface area contributed by atoms with E-state index >= 15 is 0 Å². The summed E-state index contributed by atoms with van der Waals surface area (Å²) in [6.45, 7) is 5.75. The van der Waals surface area contributed by atoms with Crippen LogP contribution in [0, 0.1) is 13.8 Å². The Kier molecular flexibility index (Phi) is 6.03. The number of nitrogens with one attached hydrogen (secondary N) is 1. The maximum Gasteiger partial charge on any atom is 0.174 e. The highest BCUT2D eigenvalue weighted by atomic mass is 32.1. The predicted octanol–water partition coefficient (Wildman–Crippen LogP) is 5.70. The molecule has 3 aromatic carbocycles. The third-order valence-corrected chi connectivity index (χ3v) is 4.55. The smallest absolute Gasteiger partial charge is 0.174 e. The Bertz CT molecular complexity index is 798. The Labute approximate surface area is 161 Å². The fourth-order valence-electron chi connectivity index (χ4n) is 3.06. The molecule has 3 aromatic rings. The number of hydrogen-bond donors (Lipinski definition) is 1. The van der Waals surface area contributed by atoms with Gasteiger partial charge in [0.1, 0.15) is 0 Å². The zero-order valence-corrected chi connectivity index (χ0v) is 16.1. The second-order valence-corrected chi connectivity index (χ2v) is 7.02. The first-order valence-corrected chi connectivity index (χ1v) is 9.23. The highest BCUT2D eigenvalue weighted by Gasteiger charge is 2.12. The Morgan fingerprint density at radius 1 is 0.769 bits per heavy atom. The van der Waals surface area contributed by atoms with Gasteiger partial charge in [0.15, 0.2) is 5.11 Å². The van der Waals surface area contributed by atoms with E-state index in [1.54, 1.807) is 0 Å². The molecule has 0 aliphatic carbocycles. The van der Waals surface area contributed by atoms with Crippen molar-refractivity contribution in [2.45, 2.75) is 26.9 Å². The third-order valence-electron chi connectivity index (χ3n) is 4.19. The summed E-state index contributed by atoms with van der Waals surface area (Å²) in [5.74, 6) is 0. The summed E-state index contributed by atoms with van der Waals surface area (Å²) < 4.78 is 0. The first kappa shape index (κ1) is 18.2. The van der Waals surface area contributed by atoms with Crippen molar-refractivity contribution in [3.8, 4) is 0 Å². The minimum atomic E-state index is 0.739. The van der Waals surface area contributed by atoms with Crippen LogP contribution in [0.2, 0.25) is 0 Å². The van der Waals surface area contributed by atoms with E-state index in [0.717, 1.165) is 23.9 Å². The molecule has 0 atom stereocenters. The van der Waals surface area contributed by atoms with Crippen LogP contribution in [0.15, 0.2) is 78.9 Å². The van der Waals surface area contributed by atoms with Crippen molar-refractivity contribution in [3.05, 3.63) is 101 Å². The normalized spacial score (nSPS) is 10.4. The van der Waals surface area contributed by atoms with Crippen molar-refractivity contribution < 1.29 is 0 Å². The number of hydrogen-bond acceptors (Lipinski definition) is 1. The van der Waals surface area contributed by atoms with Gasteiger partial charge in [0.2, 0.25) is 0 Å². The molecular formula is C23H24N2S. The fourth-order valence-corrected chi connectivity index (χ4v) is 3.30. The van der Waals surface area contributed by atoms with E-state index in [1.807, 2.05) is 12.1 Å². The van der Waals surface area contributed by atoms with Crippen LogP contribution in [-0.2, 0) is 13.1 Å². The molecule has 132 valence electrons. The van der Waals surface area contributed by atoms with Gasteiger partial charge < -0.3 is 10.2 Å². The average Bonchev–Trinajstić information content (AvgIpc) is 2.62. The minimum Gasteiger partial charge on any atom is -0.340 e. The topological polar surface area (TPSA) is 15.3 Å². The summed E-state index contributed by atoms with van der Waals surface area (Å²) in [4.78, 5) is 2.21. The van der Waals surface area contributed by atoms with E-state index in [-0.39, 0.29) is 0 Å². The number of thiocarbonyl (C=S) groups is 1. The van der Waals surface area contributed by atoms with Gasteiger partial charge in [-0.2, -0.15) is 0 Å². The Morgan fingerprint density at radius 2 is 1.23 bits per heavy atom. The number of nitrogens with zero attached hydrogens (tertiary/aromatic N) is 1. The molecule has 0 spiro atoms. The van der Waals surface area contributed by atoms with Gasteiger partial charge in [0, 0.05) is 18.8 Å². The molecule has 0 bridgehead atoms. The summed E-state index contributed by atoms with van der Waals surface area (Å²) in [6, 6.07) is 27.3. The SMILES string of the molecule is Cc1cc(C)cc(NC(=S)N(Cc2ccccc2)Cc2ccccc2)c1. The van der Waals surface area contributed by atoms with Gasteiger partial charge >= 0.3 is 0 Å². The van der Waals surface area contributed by atoms with E-state index in [9.17, 15) is 0 Å². The second kappa shape index (κ2) is 8.63. The zero-order valence-electron chi connectivity index (χ0n) is 15.3. The monoisotopic (exact) mass is 360 g/mol. The summed E-state index contributed by atoms with van der Waals surface area (Å²) in [7, 11) is 0. The molecule has 2 nitrogen and oxygen atoms in total. The maximum atomic E-state index is 5.76. The molecule has 0 unspecified atom stereocenters. The lowest BCUT2D eigenvalue weighted by atomic mass is 10.1. The molecule has 0 fully saturated rings. The van der Waals surface area contributed by atoms with Crippen molar-refractivity contribution in [3.63, 3.8) is 0 Å². The van der Waals surface area contributed by atoms with Crippen LogP contribution in [0.25, 0.3) is 0 Å². The van der Waals surface area contributed by atoms with Crippen molar-refractivity contribution >= 4 is 23.0 Å². The Balaban J connectivity index is 1.80. The lowest BCUT2D eigenvalue weighted by molar-refractivity contribution is 0.413. The number of benzene rings is 3. The van der Waals surface area contributed by atoms with E-state index in [4.69, 9.17) is 12.2 Å². The molecule has 0 aliphatic heterocycles. The third kappa shape index (κ3) is 5.17. The molecule has 26 heavy (non-hydrogen) atoms. The lowest BCUT2D eigenvalue weighted by Crippen LogP contribution is -2.33. The largest absolute Gasteiger partial charge is 0.340 e. The summed E-state index contributed by atoms with van der Waals surface area (Å²) in [6.07, 6.45) is 0. The number of anilines is 1. The summed E-state index contributed by atoms with van der Waals surface area (Å²) in [5, 5.41) is 4.16. The molecule has 0 aliphatic rings. The van der Waals surface area contributed by atoms with E-state index in [0.29, 0.717) is 0 Å². The first-order valence-electron chi connectivity index (χ1n) is 8.82. The lowest BCUT2D eigenvalue weighted by Gasteiger charge is -2.26. The van der Waals surface area contributed by atoms with Gasteiger partial charge in [0.05, 0.1) is 0 Å². The van der Waals surface area contributed by atoms with E-state index in [2.05, 4.69) is 90.8 Å². The highest BCUT2D eigenvalue weighted by Crippen LogP contribution is 2.17. The minimum absolute atomic E-state index is 0.739. The Hall–Kier alpha value is -2.65. The molecule has 3 rings (SSSR count). The van der Waals surface area contributed by atoms with Crippen molar-refractivity contribution in [2.75, 3.05) is 5.32 Å². The van der Waals surface area contributed by atoms with Crippen LogP contribution in [0.4, 0.5) is 5.69 Å². The van der Waals surface area contributed by atoms with Gasteiger partial charge in [-0.25, -0.2) is 0 Å². The van der Waals surface area contributed by atoms with Gasteiger partial charge in [0.25, 0.3) is 0 Å². The quantitative estimate of drug-likeness (QED) is 0.587. The summed E-state index contributed by atoms with van der Waals surface area (Å²) in [5.41, 5.74) is 5.99. The second-order valence-electron chi connectivity index (χ2n) is 6.63. The number of aryl methyl sites for hydroxylation is 2. The standard InChI is InChI=1S/C23H24N2S/c1-18-13-19(2)15-22(14-18)24-23(26)25(16-20-9-5-3-6-10-20)17-21-11-7-4-8-12-21/h3-15H,16-17H2,1-2H3,(H,24,26). The molecule has 0 amide bonds. The average molecular weight is 361 g/mol. The van der Waals surface area contributed by atoms with Gasteiger partial charge in [-0.1, -0.05) is 66.7 Å². The van der Waals surface area contributed by atoms with Crippen LogP contribution in [-0.4, -0.2) is 10.0 Å². The van der Waals surface area contributed by atoms with Crippen molar-refractivity contribution in [1.82, 2.24) is 4.90 Å². The molecular weight excluding hydrogens is 336 g/mol. The Morgan fingerprint density at radius 3 is 1.69 bits per heavy atom. The molecule has 1 N–H and O–H groups in total. The fraction of sp³-hybridized carbons (Fsp3) is 0.174. The molecule has 3 heteroatoms. The van der Waals surface area contributed by atoms with Crippen LogP contribution < -0.4 is 5.32 Å². The molecule has 0 saturated carbocycles. The van der Waals surface area contributed by atoms with Crippen LogP contribution >= 0.6 is 12.2 Å². The maximum absolute atomic E-state index is 5.76. The van der Waals surface area contributed by atoms with Crippen LogP contribution in [0.1, 0.15) is 22.3 Å². The van der Waals surface area contributed by atoms with Crippen LogP contribution in [0.5, 0.6) is 0 Å². The van der Waals surface area contributed by atoms with Crippen LogP contribution in [0.3, 0.4) is 0 Å². The molecule has 0 saturated heterocycles. The van der Waals surface area contributed by atoms with Gasteiger partial charge in [-0.3, -0.25) is 0 Å². The van der Waals surface area contributed by atoms with E-state index < -0.39 is 0 Å². The molecule has 0 radical (unpaired) electrons. The molecule has 0 heterocycles. The van der Waals surface area contributed by atoms with E-state index in [1.165, 1.54) is 22.3 Å². The van der Waals surface area contributed by atoms with Gasteiger partial charge in [-0.05, 0) is 60.5 Å². The zero-order chi connectivity index (χ0) is 18.4. The predicted molar refractivity (Wildman–Crippen MR) is 114 cm³/mol. The van der Waals surface area contributed by atoms with Crippen molar-refractivity contribution in [1.29, 1.82) is 0 Å². The highest BCUT2D eigenvalue weighted by molar-refractivity contribution is 7.80.